The van der Waals surface area contributed by atoms with Gasteiger partial charge in [0, 0.05) is 18.6 Å². The SMILES string of the molecule is Cc1cnn(-c2ccncc2C(=O)O)c1. The maximum absolute atomic E-state index is 10.9. The van der Waals surface area contributed by atoms with Crippen LogP contribution in [-0.2, 0) is 0 Å². The van der Waals surface area contributed by atoms with Crippen LogP contribution in [0.25, 0.3) is 5.69 Å². The van der Waals surface area contributed by atoms with E-state index in [1.165, 1.54) is 10.9 Å². The molecule has 5 heteroatoms. The lowest BCUT2D eigenvalue weighted by atomic mass is 10.2. The zero-order chi connectivity index (χ0) is 10.8. The van der Waals surface area contributed by atoms with E-state index in [9.17, 15) is 4.79 Å². The van der Waals surface area contributed by atoms with E-state index in [-0.39, 0.29) is 5.56 Å². The molecule has 0 bridgehead atoms. The zero-order valence-electron chi connectivity index (χ0n) is 8.08. The number of carboxylic acid groups (broad SMARTS) is 1. The van der Waals surface area contributed by atoms with Crippen molar-refractivity contribution in [1.29, 1.82) is 0 Å². The number of carbonyl (C=O) groups is 1. The second-order valence-corrected chi connectivity index (χ2v) is 3.16. The lowest BCUT2D eigenvalue weighted by Gasteiger charge is -2.04. The van der Waals surface area contributed by atoms with Crippen LogP contribution in [0.3, 0.4) is 0 Å². The Bertz CT molecular complexity index is 505. The van der Waals surface area contributed by atoms with Gasteiger partial charge in [0.25, 0.3) is 0 Å². The lowest BCUT2D eigenvalue weighted by Crippen LogP contribution is -2.06. The fourth-order valence-corrected chi connectivity index (χ4v) is 1.30. The number of aromatic nitrogens is 3. The van der Waals surface area contributed by atoms with Crippen LogP contribution in [0.1, 0.15) is 15.9 Å². The molecule has 2 aromatic rings. The minimum absolute atomic E-state index is 0.139. The maximum Gasteiger partial charge on any atom is 0.339 e. The molecule has 2 rings (SSSR count). The highest BCUT2D eigenvalue weighted by atomic mass is 16.4. The molecule has 1 N–H and O–H groups in total. The summed E-state index contributed by atoms with van der Waals surface area (Å²) in [5.74, 6) is -1.01. The van der Waals surface area contributed by atoms with Crippen molar-refractivity contribution < 1.29 is 9.90 Å². The first kappa shape index (κ1) is 9.39. The second-order valence-electron chi connectivity index (χ2n) is 3.16. The number of aryl methyl sites for hydroxylation is 1. The van der Waals surface area contributed by atoms with Gasteiger partial charge in [0.1, 0.15) is 5.56 Å². The van der Waals surface area contributed by atoms with Crippen LogP contribution >= 0.6 is 0 Å². The number of carboxylic acids is 1. The Morgan fingerprint density at radius 2 is 2.27 bits per heavy atom. The van der Waals surface area contributed by atoms with Crippen LogP contribution in [0, 0.1) is 6.92 Å². The van der Waals surface area contributed by atoms with Gasteiger partial charge in [0.2, 0.25) is 0 Å². The van der Waals surface area contributed by atoms with E-state index in [4.69, 9.17) is 5.11 Å². The minimum Gasteiger partial charge on any atom is -0.478 e. The standard InChI is InChI=1S/C10H9N3O2/c1-7-4-12-13(6-7)9-2-3-11-5-8(9)10(14)15/h2-6H,1H3,(H,14,15). The number of pyridine rings is 1. The number of hydrogen-bond donors (Lipinski definition) is 1. The van der Waals surface area contributed by atoms with E-state index in [0.29, 0.717) is 5.69 Å². The molecule has 0 aliphatic carbocycles. The summed E-state index contributed by atoms with van der Waals surface area (Å²) in [5, 5.41) is 13.0. The predicted molar refractivity (Wildman–Crippen MR) is 53.1 cm³/mol. The average Bonchev–Trinajstić information content (AvgIpc) is 2.65. The van der Waals surface area contributed by atoms with Crippen molar-refractivity contribution in [3.8, 4) is 5.69 Å². The Morgan fingerprint density at radius 1 is 1.47 bits per heavy atom. The molecule has 0 aliphatic heterocycles. The first-order chi connectivity index (χ1) is 7.18. The third-order valence-electron chi connectivity index (χ3n) is 1.99. The lowest BCUT2D eigenvalue weighted by molar-refractivity contribution is 0.0696. The summed E-state index contributed by atoms with van der Waals surface area (Å²) in [6, 6.07) is 1.62. The summed E-state index contributed by atoms with van der Waals surface area (Å²) in [6.45, 7) is 1.89. The topological polar surface area (TPSA) is 68.0 Å². The fraction of sp³-hybridized carbons (Fsp3) is 0.100. The molecule has 0 unspecified atom stereocenters. The maximum atomic E-state index is 10.9. The summed E-state index contributed by atoms with van der Waals surface area (Å²) in [4.78, 5) is 14.7. The van der Waals surface area contributed by atoms with Crippen molar-refractivity contribution in [2.75, 3.05) is 0 Å². The van der Waals surface area contributed by atoms with E-state index in [0.717, 1.165) is 5.56 Å². The Labute approximate surface area is 86.0 Å². The number of nitrogens with zero attached hydrogens (tertiary/aromatic N) is 3. The molecule has 0 spiro atoms. The molecule has 5 nitrogen and oxygen atoms in total. The van der Waals surface area contributed by atoms with E-state index in [2.05, 4.69) is 10.1 Å². The van der Waals surface area contributed by atoms with E-state index >= 15 is 0 Å². The highest BCUT2D eigenvalue weighted by Gasteiger charge is 2.11. The highest BCUT2D eigenvalue weighted by molar-refractivity contribution is 5.91. The molecule has 0 aromatic carbocycles. The van der Waals surface area contributed by atoms with Gasteiger partial charge in [-0.25, -0.2) is 9.48 Å². The quantitative estimate of drug-likeness (QED) is 0.798. The van der Waals surface area contributed by atoms with Gasteiger partial charge in [-0.2, -0.15) is 5.10 Å². The van der Waals surface area contributed by atoms with Crippen molar-refractivity contribution in [2.45, 2.75) is 6.92 Å². The number of hydrogen-bond acceptors (Lipinski definition) is 3. The molecule has 0 saturated carbocycles. The summed E-state index contributed by atoms with van der Waals surface area (Å²) in [7, 11) is 0. The molecule has 0 saturated heterocycles. The van der Waals surface area contributed by atoms with Gasteiger partial charge in [0.05, 0.1) is 11.9 Å². The zero-order valence-corrected chi connectivity index (χ0v) is 8.08. The third kappa shape index (κ3) is 1.71. The minimum atomic E-state index is -1.01. The third-order valence-corrected chi connectivity index (χ3v) is 1.99. The summed E-state index contributed by atoms with van der Waals surface area (Å²) < 4.78 is 1.53. The number of rotatable bonds is 2. The Morgan fingerprint density at radius 3 is 2.87 bits per heavy atom. The molecular formula is C10H9N3O2. The monoisotopic (exact) mass is 203 g/mol. The van der Waals surface area contributed by atoms with Crippen LogP contribution in [0.5, 0.6) is 0 Å². The normalized spacial score (nSPS) is 10.2. The fourth-order valence-electron chi connectivity index (χ4n) is 1.30. The molecule has 15 heavy (non-hydrogen) atoms. The second kappa shape index (κ2) is 3.53. The van der Waals surface area contributed by atoms with Crippen LogP contribution in [0.15, 0.2) is 30.9 Å². The number of aromatic carboxylic acids is 1. The van der Waals surface area contributed by atoms with Crippen LogP contribution in [0.4, 0.5) is 0 Å². The van der Waals surface area contributed by atoms with Gasteiger partial charge in [-0.1, -0.05) is 0 Å². The Hall–Kier alpha value is -2.17. The van der Waals surface area contributed by atoms with Crippen molar-refractivity contribution in [1.82, 2.24) is 14.8 Å². The molecule has 0 amide bonds. The molecule has 0 atom stereocenters. The van der Waals surface area contributed by atoms with Crippen molar-refractivity contribution in [3.63, 3.8) is 0 Å². The molecule has 76 valence electrons. The molecular weight excluding hydrogens is 194 g/mol. The van der Waals surface area contributed by atoms with Crippen molar-refractivity contribution >= 4 is 5.97 Å². The summed E-state index contributed by atoms with van der Waals surface area (Å²) >= 11 is 0. The molecule has 0 radical (unpaired) electrons. The van der Waals surface area contributed by atoms with Crippen LogP contribution in [0.2, 0.25) is 0 Å². The molecule has 0 fully saturated rings. The Balaban J connectivity index is 2.57. The van der Waals surface area contributed by atoms with Gasteiger partial charge < -0.3 is 5.11 Å². The average molecular weight is 203 g/mol. The summed E-state index contributed by atoms with van der Waals surface area (Å²) in [6.07, 6.45) is 6.29. The molecule has 2 heterocycles. The van der Waals surface area contributed by atoms with Gasteiger partial charge in [-0.05, 0) is 18.6 Å². The largest absolute Gasteiger partial charge is 0.478 e. The predicted octanol–water partition coefficient (Wildman–Crippen LogP) is 1.27. The van der Waals surface area contributed by atoms with E-state index < -0.39 is 5.97 Å². The first-order valence-corrected chi connectivity index (χ1v) is 4.37. The van der Waals surface area contributed by atoms with Gasteiger partial charge in [-0.3, -0.25) is 4.98 Å². The van der Waals surface area contributed by atoms with Gasteiger partial charge in [0.15, 0.2) is 0 Å². The van der Waals surface area contributed by atoms with E-state index in [1.54, 1.807) is 24.7 Å². The van der Waals surface area contributed by atoms with Gasteiger partial charge in [-0.15, -0.1) is 0 Å². The molecule has 0 aliphatic rings. The van der Waals surface area contributed by atoms with Crippen molar-refractivity contribution in [3.05, 3.63) is 42.0 Å². The van der Waals surface area contributed by atoms with Crippen LogP contribution in [-0.4, -0.2) is 25.8 Å². The van der Waals surface area contributed by atoms with Crippen LogP contribution < -0.4 is 0 Å². The molecule has 2 aromatic heterocycles. The van der Waals surface area contributed by atoms with Crippen molar-refractivity contribution in [2.24, 2.45) is 0 Å². The Kier molecular flexibility index (Phi) is 2.21. The smallest absolute Gasteiger partial charge is 0.339 e. The van der Waals surface area contributed by atoms with E-state index in [1.807, 2.05) is 6.92 Å². The summed E-state index contributed by atoms with van der Waals surface area (Å²) in [5.41, 5.74) is 1.63. The first-order valence-electron chi connectivity index (χ1n) is 4.37. The van der Waals surface area contributed by atoms with Gasteiger partial charge >= 0.3 is 5.97 Å². The highest BCUT2D eigenvalue weighted by Crippen LogP contribution is 2.12.